The predicted octanol–water partition coefficient (Wildman–Crippen LogP) is 3.74. The van der Waals surface area contributed by atoms with Gasteiger partial charge in [0.2, 0.25) is 15.9 Å². The van der Waals surface area contributed by atoms with Gasteiger partial charge in [-0.3, -0.25) is 9.59 Å². The van der Waals surface area contributed by atoms with E-state index in [-0.39, 0.29) is 41.4 Å². The van der Waals surface area contributed by atoms with Crippen LogP contribution >= 0.6 is 0 Å². The van der Waals surface area contributed by atoms with Crippen LogP contribution in [0.5, 0.6) is 0 Å². The fourth-order valence-electron chi connectivity index (χ4n) is 6.45. The first-order valence-electron chi connectivity index (χ1n) is 13.0. The zero-order chi connectivity index (χ0) is 25.7. The van der Waals surface area contributed by atoms with Crippen LogP contribution in [-0.2, 0) is 39.7 Å². The summed E-state index contributed by atoms with van der Waals surface area (Å²) in [5.41, 5.74) is 0.811. The average molecular weight is 512 g/mol. The summed E-state index contributed by atoms with van der Waals surface area (Å²) in [7, 11) is -1.86. The molecule has 2 unspecified atom stereocenters. The van der Waals surface area contributed by atoms with Crippen LogP contribution in [0.15, 0.2) is 48.7 Å². The summed E-state index contributed by atoms with van der Waals surface area (Å²) >= 11 is 0. The van der Waals surface area contributed by atoms with Gasteiger partial charge in [-0.25, -0.2) is 8.42 Å². The van der Waals surface area contributed by atoms with E-state index in [1.807, 2.05) is 60.3 Å². The second kappa shape index (κ2) is 9.14. The van der Waals surface area contributed by atoms with Crippen LogP contribution in [0, 0.1) is 16.7 Å². The van der Waals surface area contributed by atoms with Crippen molar-refractivity contribution in [3.05, 3.63) is 59.9 Å². The fourth-order valence-corrected chi connectivity index (χ4v) is 8.88. The van der Waals surface area contributed by atoms with Crippen molar-refractivity contribution in [2.24, 2.45) is 23.8 Å². The van der Waals surface area contributed by atoms with Crippen molar-refractivity contribution in [1.82, 2.24) is 13.8 Å². The maximum absolute atomic E-state index is 13.9. The molecule has 2 aromatic rings. The molecule has 0 saturated heterocycles. The van der Waals surface area contributed by atoms with E-state index in [1.165, 1.54) is 4.31 Å². The molecule has 36 heavy (non-hydrogen) atoms. The molecular formula is C28H37N3O4S. The van der Waals surface area contributed by atoms with E-state index < -0.39 is 15.4 Å². The Bertz CT molecular complexity index is 1250. The van der Waals surface area contributed by atoms with E-state index in [1.54, 1.807) is 4.90 Å². The number of rotatable bonds is 10. The average Bonchev–Trinajstić information content (AvgIpc) is 3.51. The molecule has 5 rings (SSSR count). The molecule has 3 saturated carbocycles. The van der Waals surface area contributed by atoms with Crippen molar-refractivity contribution in [2.75, 3.05) is 12.3 Å². The lowest BCUT2D eigenvalue weighted by molar-refractivity contribution is -0.132. The molecular weight excluding hydrogens is 474 g/mol. The van der Waals surface area contributed by atoms with Crippen LogP contribution in [0.2, 0.25) is 0 Å². The normalized spacial score (nSPS) is 25.0. The van der Waals surface area contributed by atoms with Gasteiger partial charge in [-0.05, 0) is 54.7 Å². The highest BCUT2D eigenvalue weighted by molar-refractivity contribution is 7.89. The SMILES string of the molecule is Cn1cccc1CN(Cc1ccccc1)C(=O)CN(C1CC1)S(=O)(=O)CC12CCC(CC1=O)C2(C)C. The molecule has 3 fully saturated rings. The molecule has 0 spiro atoms. The molecule has 1 aromatic carbocycles. The molecule has 1 heterocycles. The van der Waals surface area contributed by atoms with E-state index in [9.17, 15) is 18.0 Å². The van der Waals surface area contributed by atoms with E-state index in [4.69, 9.17) is 0 Å². The number of sulfonamides is 1. The zero-order valence-corrected chi connectivity index (χ0v) is 22.3. The molecule has 1 aromatic heterocycles. The number of aromatic nitrogens is 1. The first kappa shape index (κ1) is 25.2. The number of amides is 1. The molecule has 7 nitrogen and oxygen atoms in total. The van der Waals surface area contributed by atoms with Crippen LogP contribution in [0.25, 0.3) is 0 Å². The van der Waals surface area contributed by atoms with Gasteiger partial charge in [0, 0.05) is 43.4 Å². The zero-order valence-electron chi connectivity index (χ0n) is 21.5. The van der Waals surface area contributed by atoms with Gasteiger partial charge < -0.3 is 9.47 Å². The van der Waals surface area contributed by atoms with Crippen LogP contribution in [0.1, 0.15) is 57.2 Å². The van der Waals surface area contributed by atoms with Gasteiger partial charge in [0.05, 0.1) is 18.8 Å². The number of aryl methyl sites for hydroxylation is 1. The number of ketones is 1. The molecule has 8 heteroatoms. The van der Waals surface area contributed by atoms with Crippen LogP contribution in [0.3, 0.4) is 0 Å². The van der Waals surface area contributed by atoms with Crippen molar-refractivity contribution in [3.8, 4) is 0 Å². The highest BCUT2D eigenvalue weighted by atomic mass is 32.2. The minimum atomic E-state index is -3.80. The number of hydrogen-bond donors (Lipinski definition) is 0. The van der Waals surface area contributed by atoms with Gasteiger partial charge in [-0.2, -0.15) is 4.31 Å². The maximum Gasteiger partial charge on any atom is 0.238 e. The van der Waals surface area contributed by atoms with Gasteiger partial charge in [0.25, 0.3) is 0 Å². The summed E-state index contributed by atoms with van der Waals surface area (Å²) in [6, 6.07) is 13.5. The molecule has 3 aliphatic rings. The van der Waals surface area contributed by atoms with Crippen molar-refractivity contribution in [1.29, 1.82) is 0 Å². The summed E-state index contributed by atoms with van der Waals surface area (Å²) < 4.78 is 31.1. The summed E-state index contributed by atoms with van der Waals surface area (Å²) in [6.07, 6.45) is 5.47. The van der Waals surface area contributed by atoms with Crippen molar-refractivity contribution >= 4 is 21.7 Å². The lowest BCUT2D eigenvalue weighted by Crippen LogP contribution is -2.49. The van der Waals surface area contributed by atoms with Crippen LogP contribution < -0.4 is 0 Å². The molecule has 2 bridgehead atoms. The number of nitrogens with zero attached hydrogens (tertiary/aromatic N) is 3. The van der Waals surface area contributed by atoms with E-state index >= 15 is 0 Å². The van der Waals surface area contributed by atoms with Crippen molar-refractivity contribution in [2.45, 2.75) is 65.1 Å². The number of Topliss-reactive ketones (excluding diaryl/α,β-unsaturated/α-hetero) is 1. The topological polar surface area (TPSA) is 79.7 Å². The Labute approximate surface area is 214 Å². The maximum atomic E-state index is 13.9. The largest absolute Gasteiger partial charge is 0.353 e. The third kappa shape index (κ3) is 4.43. The summed E-state index contributed by atoms with van der Waals surface area (Å²) in [6.45, 7) is 4.73. The first-order valence-corrected chi connectivity index (χ1v) is 14.6. The Balaban J connectivity index is 1.38. The molecule has 0 radical (unpaired) electrons. The Morgan fingerprint density at radius 1 is 1.06 bits per heavy atom. The summed E-state index contributed by atoms with van der Waals surface area (Å²) in [5.74, 6) is -0.0520. The first-order chi connectivity index (χ1) is 17.0. The standard InChI is InChI=1S/C28H37N3O4S/c1-27(2)22-13-14-28(27,25(32)16-22)20-36(34,35)31(23-11-12-23)19-26(33)30(17-21-8-5-4-6-9-21)18-24-10-7-15-29(24)3/h4-10,15,22-23H,11-14,16-20H2,1-3H3. The quantitative estimate of drug-likeness (QED) is 0.487. The van der Waals surface area contributed by atoms with Gasteiger partial charge in [-0.1, -0.05) is 44.2 Å². The minimum absolute atomic E-state index is 0.0869. The number of fused-ring (bicyclic) bond motifs is 2. The van der Waals surface area contributed by atoms with Crippen LogP contribution in [-0.4, -0.2) is 52.2 Å². The van der Waals surface area contributed by atoms with Crippen molar-refractivity contribution < 1.29 is 18.0 Å². The smallest absolute Gasteiger partial charge is 0.238 e. The van der Waals surface area contributed by atoms with Crippen molar-refractivity contribution in [3.63, 3.8) is 0 Å². The monoisotopic (exact) mass is 511 g/mol. The van der Waals surface area contributed by atoms with E-state index in [0.29, 0.717) is 25.9 Å². The summed E-state index contributed by atoms with van der Waals surface area (Å²) in [5, 5.41) is 0. The molecule has 0 N–H and O–H groups in total. The lowest BCUT2D eigenvalue weighted by atomic mass is 9.70. The van der Waals surface area contributed by atoms with Gasteiger partial charge in [0.15, 0.2) is 0 Å². The summed E-state index contributed by atoms with van der Waals surface area (Å²) in [4.78, 5) is 28.5. The third-order valence-electron chi connectivity index (χ3n) is 9.14. The molecule has 194 valence electrons. The van der Waals surface area contributed by atoms with Crippen LogP contribution in [0.4, 0.5) is 0 Å². The Kier molecular flexibility index (Phi) is 6.40. The molecule has 3 aliphatic carbocycles. The highest BCUT2D eigenvalue weighted by Crippen LogP contribution is 2.64. The predicted molar refractivity (Wildman–Crippen MR) is 138 cm³/mol. The Morgan fingerprint density at radius 2 is 1.78 bits per heavy atom. The fraction of sp³-hybridized carbons (Fsp3) is 0.571. The molecule has 1 amide bonds. The molecule has 2 atom stereocenters. The van der Waals surface area contributed by atoms with E-state index in [0.717, 1.165) is 30.5 Å². The third-order valence-corrected chi connectivity index (χ3v) is 11.1. The highest BCUT2D eigenvalue weighted by Gasteiger charge is 2.66. The Morgan fingerprint density at radius 3 is 2.33 bits per heavy atom. The second-order valence-corrected chi connectivity index (χ2v) is 13.5. The van der Waals surface area contributed by atoms with Gasteiger partial charge in [0.1, 0.15) is 5.78 Å². The number of hydrogen-bond acceptors (Lipinski definition) is 4. The van der Waals surface area contributed by atoms with Gasteiger partial charge in [-0.15, -0.1) is 0 Å². The number of carbonyl (C=O) groups excluding carboxylic acids is 2. The minimum Gasteiger partial charge on any atom is -0.353 e. The molecule has 0 aliphatic heterocycles. The van der Waals surface area contributed by atoms with E-state index in [2.05, 4.69) is 13.8 Å². The Hall–Kier alpha value is -2.45. The number of carbonyl (C=O) groups is 2. The second-order valence-electron chi connectivity index (χ2n) is 11.5. The van der Waals surface area contributed by atoms with Gasteiger partial charge >= 0.3 is 0 Å². The lowest BCUT2D eigenvalue weighted by Gasteiger charge is -2.38. The number of benzene rings is 1.